The molecule has 1 saturated heterocycles. The third-order valence-electron chi connectivity index (χ3n) is 5.87. The Morgan fingerprint density at radius 3 is 2.63 bits per heavy atom. The van der Waals surface area contributed by atoms with Crippen molar-refractivity contribution in [1.29, 1.82) is 0 Å². The molecule has 1 aliphatic heterocycles. The highest BCUT2D eigenvalue weighted by Crippen LogP contribution is 2.39. The second kappa shape index (κ2) is 7.87. The van der Waals surface area contributed by atoms with Crippen LogP contribution in [0.2, 0.25) is 0 Å². The second-order valence-corrected chi connectivity index (χ2v) is 9.91. The number of rotatable bonds is 4. The molecule has 1 aromatic carbocycles. The van der Waals surface area contributed by atoms with Crippen LogP contribution in [0.15, 0.2) is 23.1 Å². The lowest BCUT2D eigenvalue weighted by molar-refractivity contribution is 0.0214. The van der Waals surface area contributed by atoms with Crippen molar-refractivity contribution in [2.75, 3.05) is 6.54 Å². The number of amides is 1. The lowest BCUT2D eigenvalue weighted by Gasteiger charge is -2.47. The van der Waals surface area contributed by atoms with E-state index in [1.54, 1.807) is 18.7 Å². The van der Waals surface area contributed by atoms with Gasteiger partial charge in [-0.1, -0.05) is 19.8 Å². The fourth-order valence-corrected chi connectivity index (χ4v) is 5.81. The first-order valence-electron chi connectivity index (χ1n) is 9.83. The van der Waals surface area contributed by atoms with Gasteiger partial charge in [0.25, 0.3) is 5.91 Å². The monoisotopic (exact) mass is 396 g/mol. The van der Waals surface area contributed by atoms with Crippen molar-refractivity contribution < 1.29 is 17.6 Å². The van der Waals surface area contributed by atoms with Crippen LogP contribution in [0.3, 0.4) is 0 Å². The summed E-state index contributed by atoms with van der Waals surface area (Å²) in [4.78, 5) is 14.9. The van der Waals surface area contributed by atoms with E-state index in [2.05, 4.69) is 11.6 Å². The molecule has 7 heteroatoms. The van der Waals surface area contributed by atoms with Gasteiger partial charge in [0.2, 0.25) is 10.0 Å². The van der Waals surface area contributed by atoms with E-state index in [9.17, 15) is 17.6 Å². The average molecular weight is 397 g/mol. The number of carbonyl (C=O) groups excluding carboxylic acids is 1. The van der Waals surface area contributed by atoms with E-state index >= 15 is 0 Å². The average Bonchev–Trinajstić information content (AvgIpc) is 2.61. The van der Waals surface area contributed by atoms with E-state index in [-0.39, 0.29) is 22.5 Å². The number of piperidine rings is 1. The van der Waals surface area contributed by atoms with E-state index < -0.39 is 21.7 Å². The Morgan fingerprint density at radius 1 is 1.22 bits per heavy atom. The molecule has 0 aromatic heterocycles. The Bertz CT molecular complexity index is 809. The number of carbonyl (C=O) groups is 1. The normalized spacial score (nSPS) is 26.1. The third kappa shape index (κ3) is 4.19. The summed E-state index contributed by atoms with van der Waals surface area (Å²) in [7, 11) is -3.78. The number of hydrogen-bond donors (Lipinski definition) is 1. The molecule has 1 heterocycles. The van der Waals surface area contributed by atoms with Gasteiger partial charge in [0.1, 0.15) is 5.82 Å². The lowest BCUT2D eigenvalue weighted by Crippen LogP contribution is -2.52. The van der Waals surface area contributed by atoms with Crippen LogP contribution in [-0.4, -0.2) is 37.9 Å². The summed E-state index contributed by atoms with van der Waals surface area (Å²) in [5.41, 5.74) is -0.152. The molecule has 1 aromatic rings. The van der Waals surface area contributed by atoms with E-state index in [4.69, 9.17) is 0 Å². The Balaban J connectivity index is 1.91. The Kier molecular flexibility index (Phi) is 5.91. The number of fused-ring (bicyclic) bond motifs is 1. The largest absolute Gasteiger partial charge is 0.335 e. The van der Waals surface area contributed by atoms with Crippen LogP contribution in [0, 0.1) is 17.7 Å². The standard InChI is InChI=1S/C20H29FN2O3S/c1-13(2)22-27(25,26)15-8-9-18(21)17(12-15)20(24)23-11-10-14(3)16-6-4-5-7-19(16)23/h8-9,12-14,16,19,22H,4-7,10-11H2,1-3H3. The fraction of sp³-hybridized carbons (Fsp3) is 0.650. The van der Waals surface area contributed by atoms with Crippen molar-refractivity contribution in [2.24, 2.45) is 11.8 Å². The van der Waals surface area contributed by atoms with Gasteiger partial charge in [0.05, 0.1) is 10.5 Å². The van der Waals surface area contributed by atoms with Crippen molar-refractivity contribution in [3.63, 3.8) is 0 Å². The van der Waals surface area contributed by atoms with Gasteiger partial charge < -0.3 is 4.90 Å². The molecule has 3 unspecified atom stereocenters. The summed E-state index contributed by atoms with van der Waals surface area (Å²) in [6.45, 7) is 6.26. The minimum atomic E-state index is -3.78. The fourth-order valence-electron chi connectivity index (χ4n) is 4.53. The first-order valence-corrected chi connectivity index (χ1v) is 11.3. The minimum absolute atomic E-state index is 0.0773. The summed E-state index contributed by atoms with van der Waals surface area (Å²) in [6.07, 6.45) is 5.20. The SMILES string of the molecule is CC(C)NS(=O)(=O)c1ccc(F)c(C(=O)N2CCC(C)C3CCCCC32)c1. The predicted octanol–water partition coefficient (Wildman–Crippen LogP) is 3.55. The Labute approximate surface area is 161 Å². The molecule has 2 fully saturated rings. The molecule has 0 spiro atoms. The summed E-state index contributed by atoms with van der Waals surface area (Å²) < 4.78 is 41.8. The minimum Gasteiger partial charge on any atom is -0.335 e. The maximum atomic E-state index is 14.5. The third-order valence-corrected chi connectivity index (χ3v) is 7.52. The highest BCUT2D eigenvalue weighted by molar-refractivity contribution is 7.89. The van der Waals surface area contributed by atoms with Crippen molar-refractivity contribution in [2.45, 2.75) is 69.9 Å². The van der Waals surface area contributed by atoms with E-state index in [1.165, 1.54) is 18.6 Å². The first kappa shape index (κ1) is 20.3. The topological polar surface area (TPSA) is 66.5 Å². The number of benzene rings is 1. The van der Waals surface area contributed by atoms with Crippen LogP contribution in [0.25, 0.3) is 0 Å². The molecule has 1 amide bonds. The van der Waals surface area contributed by atoms with Crippen LogP contribution in [0.4, 0.5) is 4.39 Å². The highest BCUT2D eigenvalue weighted by atomic mass is 32.2. The van der Waals surface area contributed by atoms with Crippen molar-refractivity contribution in [3.8, 4) is 0 Å². The van der Waals surface area contributed by atoms with Crippen molar-refractivity contribution in [3.05, 3.63) is 29.6 Å². The smallest absolute Gasteiger partial charge is 0.257 e. The molecule has 0 bridgehead atoms. The molecular formula is C20H29FN2O3S. The number of halogens is 1. The van der Waals surface area contributed by atoms with Crippen LogP contribution >= 0.6 is 0 Å². The quantitative estimate of drug-likeness (QED) is 0.846. The summed E-state index contributed by atoms with van der Waals surface area (Å²) in [6, 6.07) is 3.30. The molecule has 3 atom stereocenters. The molecule has 1 N–H and O–H groups in total. The maximum Gasteiger partial charge on any atom is 0.257 e. The van der Waals surface area contributed by atoms with Gasteiger partial charge in [-0.25, -0.2) is 17.5 Å². The molecular weight excluding hydrogens is 367 g/mol. The molecule has 1 saturated carbocycles. The molecule has 3 rings (SSSR count). The second-order valence-electron chi connectivity index (χ2n) is 8.20. The zero-order chi connectivity index (χ0) is 19.8. The molecule has 27 heavy (non-hydrogen) atoms. The Hall–Kier alpha value is -1.47. The number of sulfonamides is 1. The predicted molar refractivity (Wildman–Crippen MR) is 102 cm³/mol. The number of hydrogen-bond acceptors (Lipinski definition) is 3. The van der Waals surface area contributed by atoms with E-state index in [0.29, 0.717) is 18.4 Å². The van der Waals surface area contributed by atoms with Crippen molar-refractivity contribution in [1.82, 2.24) is 9.62 Å². The lowest BCUT2D eigenvalue weighted by atomic mass is 9.72. The van der Waals surface area contributed by atoms with Gasteiger partial charge in [-0.05, 0) is 63.1 Å². The zero-order valence-electron chi connectivity index (χ0n) is 16.2. The summed E-state index contributed by atoms with van der Waals surface area (Å²) in [5.74, 6) is -0.0486. The van der Waals surface area contributed by atoms with Gasteiger partial charge in [-0.15, -0.1) is 0 Å². The van der Waals surface area contributed by atoms with Crippen LogP contribution in [-0.2, 0) is 10.0 Å². The zero-order valence-corrected chi connectivity index (χ0v) is 17.1. The number of nitrogens with one attached hydrogen (secondary N) is 1. The van der Waals surface area contributed by atoms with Gasteiger partial charge >= 0.3 is 0 Å². The van der Waals surface area contributed by atoms with E-state index in [0.717, 1.165) is 31.7 Å². The maximum absolute atomic E-state index is 14.5. The van der Waals surface area contributed by atoms with Gasteiger partial charge in [-0.2, -0.15) is 0 Å². The van der Waals surface area contributed by atoms with Gasteiger partial charge in [0.15, 0.2) is 0 Å². The summed E-state index contributed by atoms with van der Waals surface area (Å²) >= 11 is 0. The van der Waals surface area contributed by atoms with Crippen LogP contribution in [0.5, 0.6) is 0 Å². The molecule has 150 valence electrons. The molecule has 5 nitrogen and oxygen atoms in total. The number of likely N-dealkylation sites (tertiary alicyclic amines) is 1. The Morgan fingerprint density at radius 2 is 1.93 bits per heavy atom. The van der Waals surface area contributed by atoms with E-state index in [1.807, 2.05) is 0 Å². The molecule has 2 aliphatic rings. The highest BCUT2D eigenvalue weighted by Gasteiger charge is 2.40. The van der Waals surface area contributed by atoms with Crippen molar-refractivity contribution >= 4 is 15.9 Å². The first-order chi connectivity index (χ1) is 12.7. The van der Waals surface area contributed by atoms with Crippen LogP contribution < -0.4 is 4.72 Å². The summed E-state index contributed by atoms with van der Waals surface area (Å²) in [5, 5.41) is 0. The molecule has 1 aliphatic carbocycles. The van der Waals surface area contributed by atoms with Gasteiger partial charge in [-0.3, -0.25) is 4.79 Å². The van der Waals surface area contributed by atoms with Crippen LogP contribution in [0.1, 0.15) is 63.2 Å². The number of nitrogens with zero attached hydrogens (tertiary/aromatic N) is 1. The molecule has 0 radical (unpaired) electrons. The van der Waals surface area contributed by atoms with Gasteiger partial charge in [0, 0.05) is 18.6 Å².